The van der Waals surface area contributed by atoms with E-state index in [1.807, 2.05) is 0 Å². The van der Waals surface area contributed by atoms with Gasteiger partial charge in [0.1, 0.15) is 0 Å². The largest absolute Gasteiger partial charge is 0.465 e. The molecule has 458 valence electrons. The first kappa shape index (κ1) is 75.8. The van der Waals surface area contributed by atoms with Crippen molar-refractivity contribution in [2.45, 2.75) is 386 Å². The third-order valence-electron chi connectivity index (χ3n) is 16.1. The Morgan fingerprint density at radius 2 is 0.641 bits per heavy atom. The van der Waals surface area contributed by atoms with Gasteiger partial charge in [-0.15, -0.1) is 0 Å². The van der Waals surface area contributed by atoms with Crippen LogP contribution in [0.2, 0.25) is 0 Å². The monoisotopic (exact) mass is 1090 g/mol. The zero-order valence-electron chi connectivity index (χ0n) is 52.4. The molecule has 1 amide bonds. The molecule has 0 aliphatic heterocycles. The standard InChI is InChI=1S/C72H135NO5/c1-3-5-7-9-11-13-15-17-19-21-22-23-24-25-27-30-33-36-40-44-48-52-56-60-64-70(75)69(68-74)73-71(76)65-61-57-53-49-45-41-37-34-31-28-26-29-32-35-39-43-47-51-55-59-63-67-78-72(77)66-62-58-54-50-46-42-38-20-18-16-14-12-10-8-6-4-2/h14,16,20,38,43,47,55,59,69-70,74-75H,3-13,15,17-19,21-37,39-42,44-46,48-54,56-58,60-68H2,1-2H3,(H,73,76)/b16-14-,38-20-,47-43-,59-55-. The molecule has 2 unspecified atom stereocenters. The van der Waals surface area contributed by atoms with Crippen LogP contribution in [-0.4, -0.2) is 47.4 Å². The molecular weight excluding hydrogens is 959 g/mol. The van der Waals surface area contributed by atoms with E-state index in [-0.39, 0.29) is 18.5 Å². The van der Waals surface area contributed by atoms with Gasteiger partial charge in [-0.05, 0) is 77.0 Å². The van der Waals surface area contributed by atoms with Crippen molar-refractivity contribution >= 4 is 11.9 Å². The number of amides is 1. The van der Waals surface area contributed by atoms with Gasteiger partial charge in [-0.3, -0.25) is 9.59 Å². The second kappa shape index (κ2) is 67.3. The van der Waals surface area contributed by atoms with Crippen LogP contribution in [0.5, 0.6) is 0 Å². The van der Waals surface area contributed by atoms with E-state index in [1.54, 1.807) is 0 Å². The maximum absolute atomic E-state index is 12.6. The highest BCUT2D eigenvalue weighted by atomic mass is 16.5. The molecule has 0 fully saturated rings. The van der Waals surface area contributed by atoms with Gasteiger partial charge < -0.3 is 20.3 Å². The number of rotatable bonds is 65. The molecule has 0 aromatic heterocycles. The molecule has 0 aromatic rings. The Bertz CT molecular complexity index is 1310. The molecule has 0 radical (unpaired) electrons. The van der Waals surface area contributed by atoms with Crippen LogP contribution in [0, 0.1) is 0 Å². The average molecular weight is 1090 g/mol. The summed E-state index contributed by atoms with van der Waals surface area (Å²) in [6.45, 7) is 4.85. The number of carbonyl (C=O) groups is 2. The van der Waals surface area contributed by atoms with Crippen LogP contribution >= 0.6 is 0 Å². The number of allylic oxidation sites excluding steroid dienone is 7. The SMILES string of the molecule is CCCCCC/C=C\C/C=C\CCCCCCCC(=O)OCC/C=C\C/C=C\CCCCCCCCCCCCCCCCC(=O)NC(CO)C(O)CCCCCCCCCCCCCCCCCCCCCCCCCC. The summed E-state index contributed by atoms with van der Waals surface area (Å²) in [7, 11) is 0. The lowest BCUT2D eigenvalue weighted by Crippen LogP contribution is -2.45. The average Bonchev–Trinajstić information content (AvgIpc) is 3.44. The highest BCUT2D eigenvalue weighted by Crippen LogP contribution is 2.18. The molecule has 78 heavy (non-hydrogen) atoms. The lowest BCUT2D eigenvalue weighted by Gasteiger charge is -2.22. The van der Waals surface area contributed by atoms with Crippen LogP contribution in [0.3, 0.4) is 0 Å². The van der Waals surface area contributed by atoms with Crippen molar-refractivity contribution in [2.24, 2.45) is 0 Å². The minimum absolute atomic E-state index is 0.0364. The number of aliphatic hydroxyl groups is 2. The fourth-order valence-corrected chi connectivity index (χ4v) is 10.8. The Morgan fingerprint density at radius 1 is 0.359 bits per heavy atom. The third-order valence-corrected chi connectivity index (χ3v) is 16.1. The Morgan fingerprint density at radius 3 is 0.987 bits per heavy atom. The summed E-state index contributed by atoms with van der Waals surface area (Å²) in [5, 5.41) is 23.4. The number of carbonyl (C=O) groups excluding carboxylic acids is 2. The molecule has 3 N–H and O–H groups in total. The van der Waals surface area contributed by atoms with Crippen LogP contribution < -0.4 is 5.32 Å². The van der Waals surface area contributed by atoms with Gasteiger partial charge in [0, 0.05) is 12.8 Å². The molecule has 0 heterocycles. The minimum atomic E-state index is -0.671. The summed E-state index contributed by atoms with van der Waals surface area (Å²) in [4.78, 5) is 24.6. The molecule has 0 spiro atoms. The topological polar surface area (TPSA) is 95.9 Å². The van der Waals surface area contributed by atoms with E-state index in [9.17, 15) is 19.8 Å². The molecule has 6 nitrogen and oxygen atoms in total. The predicted molar refractivity (Wildman–Crippen MR) is 342 cm³/mol. The first-order valence-electron chi connectivity index (χ1n) is 34.9. The first-order chi connectivity index (χ1) is 38.5. The second-order valence-corrected chi connectivity index (χ2v) is 23.9. The van der Waals surface area contributed by atoms with Gasteiger partial charge in [0.05, 0.1) is 25.4 Å². The van der Waals surface area contributed by atoms with Gasteiger partial charge in [-0.1, -0.05) is 332 Å². The van der Waals surface area contributed by atoms with Gasteiger partial charge in [0.15, 0.2) is 0 Å². The van der Waals surface area contributed by atoms with Crippen molar-refractivity contribution in [3.05, 3.63) is 48.6 Å². The van der Waals surface area contributed by atoms with Crippen LogP contribution in [0.1, 0.15) is 373 Å². The number of hydrogen-bond donors (Lipinski definition) is 3. The molecule has 0 saturated heterocycles. The zero-order chi connectivity index (χ0) is 56.4. The van der Waals surface area contributed by atoms with Crippen LogP contribution in [0.25, 0.3) is 0 Å². The quantitative estimate of drug-likeness (QED) is 0.0320. The summed E-state index contributed by atoms with van der Waals surface area (Å²) in [5.74, 6) is -0.0847. The van der Waals surface area contributed by atoms with Crippen molar-refractivity contribution in [3.8, 4) is 0 Å². The number of aliphatic hydroxyl groups excluding tert-OH is 2. The lowest BCUT2D eigenvalue weighted by atomic mass is 10.0. The van der Waals surface area contributed by atoms with E-state index in [0.717, 1.165) is 64.2 Å². The molecule has 0 rings (SSSR count). The summed E-state index contributed by atoms with van der Waals surface area (Å²) in [6.07, 6.45) is 87.3. The number of hydrogen-bond acceptors (Lipinski definition) is 5. The Hall–Kier alpha value is -2.18. The fourth-order valence-electron chi connectivity index (χ4n) is 10.8. The fraction of sp³-hybridized carbons (Fsp3) is 0.861. The molecule has 6 heteroatoms. The van der Waals surface area contributed by atoms with Crippen molar-refractivity contribution in [1.82, 2.24) is 5.32 Å². The van der Waals surface area contributed by atoms with Crippen molar-refractivity contribution in [3.63, 3.8) is 0 Å². The Labute approximate surface area is 486 Å². The summed E-state index contributed by atoms with van der Waals surface area (Å²) in [6, 6.07) is -0.548. The van der Waals surface area contributed by atoms with E-state index in [0.29, 0.717) is 25.9 Å². The molecule has 0 aliphatic carbocycles. The van der Waals surface area contributed by atoms with Gasteiger partial charge in [-0.25, -0.2) is 0 Å². The van der Waals surface area contributed by atoms with Crippen LogP contribution in [0.4, 0.5) is 0 Å². The molecular formula is C72H135NO5. The number of esters is 1. The number of nitrogens with one attached hydrogen (secondary N) is 1. The van der Waals surface area contributed by atoms with E-state index >= 15 is 0 Å². The smallest absolute Gasteiger partial charge is 0.305 e. The highest BCUT2D eigenvalue weighted by Gasteiger charge is 2.20. The summed E-state index contributed by atoms with van der Waals surface area (Å²) < 4.78 is 5.42. The zero-order valence-corrected chi connectivity index (χ0v) is 52.4. The third kappa shape index (κ3) is 63.0. The maximum Gasteiger partial charge on any atom is 0.305 e. The summed E-state index contributed by atoms with van der Waals surface area (Å²) >= 11 is 0. The molecule has 0 saturated carbocycles. The molecule has 2 atom stereocenters. The molecule has 0 bridgehead atoms. The van der Waals surface area contributed by atoms with Crippen molar-refractivity contribution in [2.75, 3.05) is 13.2 Å². The van der Waals surface area contributed by atoms with E-state index in [1.165, 1.54) is 276 Å². The van der Waals surface area contributed by atoms with Crippen LogP contribution in [-0.2, 0) is 14.3 Å². The lowest BCUT2D eigenvalue weighted by molar-refractivity contribution is -0.143. The van der Waals surface area contributed by atoms with E-state index in [4.69, 9.17) is 4.74 Å². The minimum Gasteiger partial charge on any atom is -0.465 e. The Kier molecular flexibility index (Phi) is 65.4. The van der Waals surface area contributed by atoms with Gasteiger partial charge in [-0.2, -0.15) is 0 Å². The molecule has 0 aromatic carbocycles. The number of ether oxygens (including phenoxy) is 1. The normalized spacial score (nSPS) is 12.8. The highest BCUT2D eigenvalue weighted by molar-refractivity contribution is 5.76. The van der Waals surface area contributed by atoms with Gasteiger partial charge in [0.2, 0.25) is 5.91 Å². The summed E-state index contributed by atoms with van der Waals surface area (Å²) in [5.41, 5.74) is 0. The van der Waals surface area contributed by atoms with E-state index < -0.39 is 12.1 Å². The van der Waals surface area contributed by atoms with Gasteiger partial charge in [0.25, 0.3) is 0 Å². The Balaban J connectivity index is 3.45. The predicted octanol–water partition coefficient (Wildman–Crippen LogP) is 22.5. The maximum atomic E-state index is 12.6. The van der Waals surface area contributed by atoms with Crippen molar-refractivity contribution in [1.29, 1.82) is 0 Å². The van der Waals surface area contributed by atoms with Crippen molar-refractivity contribution < 1.29 is 24.5 Å². The van der Waals surface area contributed by atoms with Crippen LogP contribution in [0.15, 0.2) is 48.6 Å². The van der Waals surface area contributed by atoms with E-state index in [2.05, 4.69) is 67.8 Å². The first-order valence-corrected chi connectivity index (χ1v) is 34.9. The molecule has 0 aliphatic rings. The second-order valence-electron chi connectivity index (χ2n) is 23.9. The number of unbranched alkanes of at least 4 members (excludes halogenated alkanes) is 46. The van der Waals surface area contributed by atoms with Gasteiger partial charge >= 0.3 is 5.97 Å².